The lowest BCUT2D eigenvalue weighted by Crippen LogP contribution is -2.20. The summed E-state index contributed by atoms with van der Waals surface area (Å²) in [6.45, 7) is 0. The van der Waals surface area contributed by atoms with E-state index in [1.165, 1.54) is 4.68 Å². The van der Waals surface area contributed by atoms with E-state index in [2.05, 4.69) is 5.10 Å². The zero-order chi connectivity index (χ0) is 7.84. The van der Waals surface area contributed by atoms with Crippen molar-refractivity contribution in [3.8, 4) is 0 Å². The molecule has 1 aliphatic rings. The highest BCUT2D eigenvalue weighted by Gasteiger charge is 2.12. The average molecular weight is 150 g/mol. The van der Waals surface area contributed by atoms with Crippen LogP contribution >= 0.6 is 0 Å². The third kappa shape index (κ3) is 0.964. The Bertz CT molecular complexity index is 340. The minimum absolute atomic E-state index is 0.00523. The number of fused-ring (bicyclic) bond motifs is 1. The molecule has 0 aromatic carbocycles. The summed E-state index contributed by atoms with van der Waals surface area (Å²) < 4.78 is 1.41. The molecule has 0 saturated heterocycles. The predicted octanol–water partition coefficient (Wildman–Crippen LogP) is 0.269. The molecule has 0 N–H and O–H groups in total. The van der Waals surface area contributed by atoms with Gasteiger partial charge in [0.2, 0.25) is 0 Å². The van der Waals surface area contributed by atoms with Crippen LogP contribution in [0.4, 0.5) is 0 Å². The van der Waals surface area contributed by atoms with E-state index < -0.39 is 0 Å². The molecule has 11 heavy (non-hydrogen) atoms. The van der Waals surface area contributed by atoms with E-state index in [9.17, 15) is 4.79 Å². The molecule has 0 saturated carbocycles. The molecule has 0 aliphatic heterocycles. The summed E-state index contributed by atoms with van der Waals surface area (Å²) in [6, 6.07) is 1.70. The summed E-state index contributed by atoms with van der Waals surface area (Å²) >= 11 is 0. The normalized spacial score (nSPS) is 15.0. The zero-order valence-electron chi connectivity index (χ0n) is 6.50. The van der Waals surface area contributed by atoms with Crippen molar-refractivity contribution in [3.63, 3.8) is 0 Å². The van der Waals surface area contributed by atoms with Crippen LogP contribution in [0.5, 0.6) is 0 Å². The number of aromatic nitrogens is 2. The van der Waals surface area contributed by atoms with Crippen LogP contribution in [-0.4, -0.2) is 9.78 Å². The number of hydrogen-bond acceptors (Lipinski definition) is 2. The van der Waals surface area contributed by atoms with Crippen LogP contribution in [0.15, 0.2) is 10.9 Å². The lowest BCUT2D eigenvalue weighted by molar-refractivity contribution is 0.683. The first-order chi connectivity index (χ1) is 5.27. The van der Waals surface area contributed by atoms with Crippen molar-refractivity contribution < 1.29 is 0 Å². The maximum atomic E-state index is 11.1. The van der Waals surface area contributed by atoms with Crippen molar-refractivity contribution in [2.75, 3.05) is 0 Å². The third-order valence-electron chi connectivity index (χ3n) is 2.12. The van der Waals surface area contributed by atoms with E-state index in [4.69, 9.17) is 0 Å². The molecule has 1 aliphatic carbocycles. The Balaban J connectivity index is 2.66. The summed E-state index contributed by atoms with van der Waals surface area (Å²) in [4.78, 5) is 11.1. The highest BCUT2D eigenvalue weighted by Crippen LogP contribution is 2.16. The molecular weight excluding hydrogens is 140 g/mol. The van der Waals surface area contributed by atoms with Gasteiger partial charge in [-0.3, -0.25) is 4.79 Å². The van der Waals surface area contributed by atoms with Crippen LogP contribution in [0.3, 0.4) is 0 Å². The lowest BCUT2D eigenvalue weighted by atomic mass is 10.2. The van der Waals surface area contributed by atoms with Gasteiger partial charge in [-0.2, -0.15) is 5.10 Å². The largest absolute Gasteiger partial charge is 0.268 e. The highest BCUT2D eigenvalue weighted by molar-refractivity contribution is 5.22. The molecule has 2 rings (SSSR count). The Labute approximate surface area is 64.7 Å². The van der Waals surface area contributed by atoms with Crippen molar-refractivity contribution in [2.45, 2.75) is 19.3 Å². The Morgan fingerprint density at radius 3 is 3.18 bits per heavy atom. The summed E-state index contributed by atoms with van der Waals surface area (Å²) in [5, 5.41) is 4.16. The van der Waals surface area contributed by atoms with Crippen molar-refractivity contribution >= 4 is 0 Å². The van der Waals surface area contributed by atoms with Crippen molar-refractivity contribution in [3.05, 3.63) is 27.7 Å². The van der Waals surface area contributed by atoms with E-state index in [-0.39, 0.29) is 5.56 Å². The van der Waals surface area contributed by atoms with Crippen molar-refractivity contribution in [1.29, 1.82) is 0 Å². The van der Waals surface area contributed by atoms with Gasteiger partial charge in [-0.25, -0.2) is 4.68 Å². The summed E-state index contributed by atoms with van der Waals surface area (Å²) in [6.07, 6.45) is 3.20. The molecular formula is C8H10N2O. The van der Waals surface area contributed by atoms with Gasteiger partial charge in [0.25, 0.3) is 5.56 Å². The highest BCUT2D eigenvalue weighted by atomic mass is 16.1. The molecule has 1 heterocycles. The first-order valence-electron chi connectivity index (χ1n) is 3.83. The Hall–Kier alpha value is -1.12. The molecule has 3 heteroatoms. The van der Waals surface area contributed by atoms with Gasteiger partial charge in [0.15, 0.2) is 0 Å². The van der Waals surface area contributed by atoms with Gasteiger partial charge in [-0.15, -0.1) is 0 Å². The lowest BCUT2D eigenvalue weighted by Gasteiger charge is -1.99. The molecule has 0 radical (unpaired) electrons. The fourth-order valence-corrected chi connectivity index (χ4v) is 1.49. The maximum Gasteiger partial charge on any atom is 0.266 e. The van der Waals surface area contributed by atoms with Crippen LogP contribution < -0.4 is 5.56 Å². The smallest absolute Gasteiger partial charge is 0.266 e. The Morgan fingerprint density at radius 2 is 2.36 bits per heavy atom. The van der Waals surface area contributed by atoms with Gasteiger partial charge in [-0.05, 0) is 24.8 Å². The summed E-state index contributed by atoms with van der Waals surface area (Å²) in [7, 11) is 1.70. The van der Waals surface area contributed by atoms with Crippen LogP contribution in [-0.2, 0) is 19.9 Å². The van der Waals surface area contributed by atoms with Crippen LogP contribution in [0, 0.1) is 0 Å². The minimum atomic E-state index is 0.00523. The minimum Gasteiger partial charge on any atom is -0.268 e. The van der Waals surface area contributed by atoms with E-state index in [1.807, 2.05) is 0 Å². The second-order valence-electron chi connectivity index (χ2n) is 2.93. The van der Waals surface area contributed by atoms with E-state index in [0.717, 1.165) is 30.5 Å². The molecule has 0 unspecified atom stereocenters. The van der Waals surface area contributed by atoms with Gasteiger partial charge in [0.05, 0.1) is 5.69 Å². The SMILES string of the molecule is Cn1nc2c(cc1=O)CCC2. The molecule has 0 bridgehead atoms. The fourth-order valence-electron chi connectivity index (χ4n) is 1.49. The molecule has 0 spiro atoms. The molecule has 3 nitrogen and oxygen atoms in total. The molecule has 1 aromatic rings. The monoisotopic (exact) mass is 150 g/mol. The van der Waals surface area contributed by atoms with Gasteiger partial charge < -0.3 is 0 Å². The Kier molecular flexibility index (Phi) is 1.31. The van der Waals surface area contributed by atoms with Crippen molar-refractivity contribution in [1.82, 2.24) is 9.78 Å². The Morgan fingerprint density at radius 1 is 1.55 bits per heavy atom. The second-order valence-corrected chi connectivity index (χ2v) is 2.93. The number of aryl methyl sites for hydroxylation is 3. The fraction of sp³-hybridized carbons (Fsp3) is 0.500. The first kappa shape index (κ1) is 6.58. The standard InChI is InChI=1S/C8H10N2O/c1-10-8(11)5-6-3-2-4-7(6)9-10/h5H,2-4H2,1H3. The number of hydrogen-bond donors (Lipinski definition) is 0. The number of nitrogens with zero attached hydrogens (tertiary/aromatic N) is 2. The summed E-state index contributed by atoms with van der Waals surface area (Å²) in [5.41, 5.74) is 2.26. The van der Waals surface area contributed by atoms with E-state index in [1.54, 1.807) is 13.1 Å². The van der Waals surface area contributed by atoms with E-state index in [0.29, 0.717) is 0 Å². The topological polar surface area (TPSA) is 34.9 Å². The van der Waals surface area contributed by atoms with Crippen molar-refractivity contribution in [2.24, 2.45) is 7.05 Å². The van der Waals surface area contributed by atoms with Gasteiger partial charge in [-0.1, -0.05) is 0 Å². The summed E-state index contributed by atoms with van der Waals surface area (Å²) in [5.74, 6) is 0. The first-order valence-corrected chi connectivity index (χ1v) is 3.83. The molecule has 58 valence electrons. The van der Waals surface area contributed by atoms with Gasteiger partial charge in [0.1, 0.15) is 0 Å². The predicted molar refractivity (Wildman–Crippen MR) is 41.5 cm³/mol. The van der Waals surface area contributed by atoms with Gasteiger partial charge >= 0.3 is 0 Å². The number of rotatable bonds is 0. The third-order valence-corrected chi connectivity index (χ3v) is 2.12. The molecule has 0 amide bonds. The maximum absolute atomic E-state index is 11.1. The van der Waals surface area contributed by atoms with Crippen LogP contribution in [0.1, 0.15) is 17.7 Å². The van der Waals surface area contributed by atoms with Gasteiger partial charge in [0, 0.05) is 13.1 Å². The average Bonchev–Trinajstić information content (AvgIpc) is 2.36. The zero-order valence-corrected chi connectivity index (χ0v) is 6.50. The molecule has 0 atom stereocenters. The second kappa shape index (κ2) is 2.19. The van der Waals surface area contributed by atoms with Crippen LogP contribution in [0.2, 0.25) is 0 Å². The molecule has 0 fully saturated rings. The quantitative estimate of drug-likeness (QED) is 0.532. The van der Waals surface area contributed by atoms with Crippen LogP contribution in [0.25, 0.3) is 0 Å². The van der Waals surface area contributed by atoms with E-state index >= 15 is 0 Å². The molecule has 1 aromatic heterocycles.